The van der Waals surface area contributed by atoms with Crippen LogP contribution in [0.3, 0.4) is 0 Å². The molecule has 6 rings (SSSR count). The van der Waals surface area contributed by atoms with Crippen molar-refractivity contribution < 1.29 is 22.8 Å². The largest absolute Gasteiger partial charge is 0.389 e. The van der Waals surface area contributed by atoms with E-state index in [1.54, 1.807) is 12.1 Å². The molecule has 2 saturated heterocycles. The van der Waals surface area contributed by atoms with Gasteiger partial charge in [-0.25, -0.2) is 18.4 Å². The molecular weight excluding hydrogens is 540 g/mol. The predicted molar refractivity (Wildman–Crippen MR) is 149 cm³/mol. The smallest absolute Gasteiger partial charge is 0.280 e. The molecule has 1 saturated carbocycles. The van der Waals surface area contributed by atoms with Gasteiger partial charge < -0.3 is 19.4 Å². The number of benzene rings is 1. The van der Waals surface area contributed by atoms with Crippen LogP contribution in [0.4, 0.5) is 10.9 Å². The Balaban J connectivity index is 1.22. The predicted octanol–water partition coefficient (Wildman–Crippen LogP) is 2.53. The molecule has 2 aromatic heterocycles. The van der Waals surface area contributed by atoms with Gasteiger partial charge in [-0.1, -0.05) is 28.6 Å². The molecule has 3 aliphatic rings. The molecule has 206 valence electrons. The molecule has 4 heterocycles. The van der Waals surface area contributed by atoms with Gasteiger partial charge in [-0.3, -0.25) is 10.1 Å². The van der Waals surface area contributed by atoms with Crippen molar-refractivity contribution in [3.05, 3.63) is 42.0 Å². The van der Waals surface area contributed by atoms with Crippen molar-refractivity contribution in [2.75, 3.05) is 56.7 Å². The van der Waals surface area contributed by atoms with E-state index < -0.39 is 15.7 Å². The molecule has 1 N–H and O–H groups in total. The molecule has 1 aromatic carbocycles. The van der Waals surface area contributed by atoms with Crippen LogP contribution in [0.25, 0.3) is 10.3 Å². The molecule has 3 aromatic rings. The van der Waals surface area contributed by atoms with E-state index in [2.05, 4.69) is 32.3 Å². The number of anilines is 2. The zero-order chi connectivity index (χ0) is 27.0. The number of piperazine rings is 1. The van der Waals surface area contributed by atoms with Crippen molar-refractivity contribution in [2.24, 2.45) is 5.16 Å². The monoisotopic (exact) mass is 570 g/mol. The molecule has 39 heavy (non-hydrogen) atoms. The minimum Gasteiger partial charge on any atom is -0.389 e. The minimum atomic E-state index is -3.34. The number of nitrogens with one attached hydrogen (secondary N) is 1. The number of likely N-dealkylation sites (N-methyl/N-ethyl adjacent to an activating group) is 1. The zero-order valence-electron chi connectivity index (χ0n) is 21.6. The quantitative estimate of drug-likeness (QED) is 0.321. The van der Waals surface area contributed by atoms with Crippen LogP contribution in [0.15, 0.2) is 46.4 Å². The van der Waals surface area contributed by atoms with Crippen LogP contribution < -0.4 is 10.2 Å². The Kier molecular flexibility index (Phi) is 7.23. The average Bonchev–Trinajstić information content (AvgIpc) is 3.54. The van der Waals surface area contributed by atoms with E-state index in [1.807, 2.05) is 12.1 Å². The van der Waals surface area contributed by atoms with E-state index >= 15 is 0 Å². The van der Waals surface area contributed by atoms with Crippen LogP contribution in [0.2, 0.25) is 0 Å². The number of carbonyl (C=O) groups is 1. The van der Waals surface area contributed by atoms with Gasteiger partial charge in [0.25, 0.3) is 5.91 Å². The van der Waals surface area contributed by atoms with Gasteiger partial charge in [0.05, 0.1) is 23.4 Å². The summed E-state index contributed by atoms with van der Waals surface area (Å²) in [7, 11) is -1.23. The van der Waals surface area contributed by atoms with Crippen LogP contribution in [0, 0.1) is 0 Å². The van der Waals surface area contributed by atoms with Gasteiger partial charge in [0, 0.05) is 38.2 Å². The summed E-state index contributed by atoms with van der Waals surface area (Å²) in [6.07, 6.45) is 1.80. The summed E-state index contributed by atoms with van der Waals surface area (Å²) in [4.78, 5) is 33.9. The van der Waals surface area contributed by atoms with Gasteiger partial charge in [0.15, 0.2) is 26.8 Å². The number of nitrogens with zero attached hydrogens (tertiary/aromatic N) is 5. The molecule has 13 heteroatoms. The summed E-state index contributed by atoms with van der Waals surface area (Å²) in [6.45, 7) is 4.75. The normalized spacial score (nSPS) is 20.9. The summed E-state index contributed by atoms with van der Waals surface area (Å²) in [5.74, 6) is 0.387. The molecule has 1 atom stereocenters. The molecule has 2 aliphatic heterocycles. The molecule has 1 amide bonds. The number of hydrogen-bond donors (Lipinski definition) is 1. The number of sulfone groups is 1. The summed E-state index contributed by atoms with van der Waals surface area (Å²) < 4.78 is 30.6. The van der Waals surface area contributed by atoms with Crippen LogP contribution in [-0.4, -0.2) is 92.7 Å². The fourth-order valence-electron chi connectivity index (χ4n) is 4.55. The first kappa shape index (κ1) is 26.1. The maximum Gasteiger partial charge on any atom is 0.280 e. The summed E-state index contributed by atoms with van der Waals surface area (Å²) in [5.41, 5.74) is 1.17. The Hall–Kier alpha value is -3.13. The minimum absolute atomic E-state index is 0.0302. The first-order valence-corrected chi connectivity index (χ1v) is 15.4. The Morgan fingerprint density at radius 3 is 2.54 bits per heavy atom. The molecule has 0 bridgehead atoms. The highest BCUT2D eigenvalue weighted by atomic mass is 32.2. The third-order valence-electron chi connectivity index (χ3n) is 7.10. The number of ether oxygens (including phenoxy) is 1. The van der Waals surface area contributed by atoms with Gasteiger partial charge in [-0.15, -0.1) is 0 Å². The second kappa shape index (κ2) is 10.8. The SMILES string of the molecule is CN1CCN(c2ccc3nc(NC(=O)C(=NO[C@@H]4CCOC4)c4ccc(S(=O)(=O)C5CC5)cc4)sc3n2)CC1. The standard InChI is InChI=1S/C26H30N6O5S2/c1-31-11-13-32(14-12-31)22-9-8-21-25(28-22)38-26(27-21)29-24(33)23(30-37-18-10-15-36-16-18)17-2-4-19(5-3-17)39(34,35)20-6-7-20/h2-5,8-9,18,20H,6-7,10-16H2,1H3,(H,27,29,33)/t18-/m1/s1. The number of oxime groups is 1. The second-order valence-electron chi connectivity index (χ2n) is 10.1. The number of aromatic nitrogens is 2. The lowest BCUT2D eigenvalue weighted by molar-refractivity contribution is -0.110. The zero-order valence-corrected chi connectivity index (χ0v) is 23.2. The van der Waals surface area contributed by atoms with Crippen LogP contribution in [-0.2, 0) is 24.2 Å². The lowest BCUT2D eigenvalue weighted by Gasteiger charge is -2.33. The van der Waals surface area contributed by atoms with Gasteiger partial charge in [0.1, 0.15) is 16.2 Å². The summed E-state index contributed by atoms with van der Waals surface area (Å²) in [6, 6.07) is 10.1. The van der Waals surface area contributed by atoms with Crippen molar-refractivity contribution in [1.29, 1.82) is 0 Å². The number of pyridine rings is 1. The molecule has 1 aliphatic carbocycles. The molecule has 0 radical (unpaired) electrons. The summed E-state index contributed by atoms with van der Waals surface area (Å²) >= 11 is 1.29. The summed E-state index contributed by atoms with van der Waals surface area (Å²) in [5, 5.41) is 7.08. The van der Waals surface area contributed by atoms with Crippen LogP contribution >= 0.6 is 11.3 Å². The Bertz CT molecular complexity index is 1490. The third-order valence-corrected chi connectivity index (χ3v) is 10.3. The Morgan fingerprint density at radius 1 is 1.08 bits per heavy atom. The number of rotatable bonds is 8. The first-order valence-electron chi connectivity index (χ1n) is 13.0. The van der Waals surface area contributed by atoms with Crippen molar-refractivity contribution in [2.45, 2.75) is 35.5 Å². The van der Waals surface area contributed by atoms with E-state index in [0.717, 1.165) is 36.8 Å². The highest BCUT2D eigenvalue weighted by Crippen LogP contribution is 2.33. The molecule has 0 unspecified atom stereocenters. The second-order valence-corrected chi connectivity index (χ2v) is 13.3. The number of amides is 1. The molecule has 3 fully saturated rings. The van der Waals surface area contributed by atoms with E-state index in [4.69, 9.17) is 14.6 Å². The number of thiazole rings is 1. The van der Waals surface area contributed by atoms with Gasteiger partial charge in [-0.2, -0.15) is 0 Å². The third kappa shape index (κ3) is 5.76. The van der Waals surface area contributed by atoms with Crippen molar-refractivity contribution in [1.82, 2.24) is 14.9 Å². The maximum absolute atomic E-state index is 13.4. The van der Waals surface area contributed by atoms with Gasteiger partial charge in [-0.05, 0) is 44.2 Å². The van der Waals surface area contributed by atoms with Crippen molar-refractivity contribution >= 4 is 54.1 Å². The maximum atomic E-state index is 13.4. The van der Waals surface area contributed by atoms with Gasteiger partial charge >= 0.3 is 0 Å². The fraction of sp³-hybridized carbons (Fsp3) is 0.462. The van der Waals surface area contributed by atoms with E-state index in [9.17, 15) is 13.2 Å². The van der Waals surface area contributed by atoms with Crippen molar-refractivity contribution in [3.8, 4) is 0 Å². The van der Waals surface area contributed by atoms with Crippen LogP contribution in [0.1, 0.15) is 24.8 Å². The molecule has 11 nitrogen and oxygen atoms in total. The molecule has 0 spiro atoms. The fourth-order valence-corrected chi connectivity index (χ4v) is 7.04. The van der Waals surface area contributed by atoms with Crippen LogP contribution in [0.5, 0.6) is 0 Å². The lowest BCUT2D eigenvalue weighted by Crippen LogP contribution is -2.44. The topological polar surface area (TPSA) is 126 Å². The van der Waals surface area contributed by atoms with E-state index in [-0.39, 0.29) is 22.0 Å². The average molecular weight is 571 g/mol. The highest BCUT2D eigenvalue weighted by Gasteiger charge is 2.37. The number of fused-ring (bicyclic) bond motifs is 1. The van der Waals surface area contributed by atoms with E-state index in [0.29, 0.717) is 48.7 Å². The number of carbonyl (C=O) groups excluding carboxylic acids is 1. The Labute approximate surface area is 230 Å². The van der Waals surface area contributed by atoms with E-state index in [1.165, 1.54) is 23.5 Å². The highest BCUT2D eigenvalue weighted by molar-refractivity contribution is 7.92. The molecular formula is C26H30N6O5S2. The van der Waals surface area contributed by atoms with Crippen molar-refractivity contribution in [3.63, 3.8) is 0 Å². The Morgan fingerprint density at radius 2 is 1.85 bits per heavy atom. The number of hydrogen-bond acceptors (Lipinski definition) is 11. The first-order chi connectivity index (χ1) is 18.9. The van der Waals surface area contributed by atoms with Gasteiger partial charge in [0.2, 0.25) is 0 Å². The lowest BCUT2D eigenvalue weighted by atomic mass is 10.1.